The van der Waals surface area contributed by atoms with Crippen molar-refractivity contribution in [1.82, 2.24) is 10.3 Å². The highest BCUT2D eigenvalue weighted by Gasteiger charge is 2.47. The molecule has 0 aromatic rings. The normalized spacial score (nSPS) is 29.8. The summed E-state index contributed by atoms with van der Waals surface area (Å²) in [7, 11) is 6.35. The summed E-state index contributed by atoms with van der Waals surface area (Å²) in [4.78, 5) is 12.0. The second-order valence-corrected chi connectivity index (χ2v) is 4.98. The van der Waals surface area contributed by atoms with Gasteiger partial charge in [-0.15, -0.1) is 0 Å². The van der Waals surface area contributed by atoms with Crippen LogP contribution >= 0.6 is 0 Å². The molecule has 0 aromatic carbocycles. The first kappa shape index (κ1) is 13.2. The Kier molecular flexibility index (Phi) is 4.10. The first-order chi connectivity index (χ1) is 7.41. The van der Waals surface area contributed by atoms with Crippen LogP contribution in [-0.2, 0) is 4.79 Å². The maximum Gasteiger partial charge on any atom is 0.230 e. The molecule has 1 aliphatic heterocycles. The minimum atomic E-state index is 0.0882. The Morgan fingerprint density at radius 2 is 2.19 bits per heavy atom. The van der Waals surface area contributed by atoms with E-state index in [1.807, 2.05) is 19.1 Å². The fourth-order valence-electron chi connectivity index (χ4n) is 2.11. The van der Waals surface area contributed by atoms with Gasteiger partial charge in [-0.3, -0.25) is 4.79 Å². The van der Waals surface area contributed by atoms with Crippen molar-refractivity contribution in [3.05, 3.63) is 12.2 Å². The van der Waals surface area contributed by atoms with Crippen molar-refractivity contribution < 1.29 is 9.39 Å². The van der Waals surface area contributed by atoms with Gasteiger partial charge in [0.2, 0.25) is 5.91 Å². The molecule has 0 aliphatic carbocycles. The number of allylic oxidation sites excluding steroid dienone is 1. The van der Waals surface area contributed by atoms with E-state index >= 15 is 0 Å². The molecule has 92 valence electrons. The summed E-state index contributed by atoms with van der Waals surface area (Å²) < 4.78 is 0.779. The van der Waals surface area contributed by atoms with Crippen molar-refractivity contribution in [3.8, 4) is 0 Å². The summed E-state index contributed by atoms with van der Waals surface area (Å²) in [5.41, 5.74) is 0. The van der Waals surface area contributed by atoms with Gasteiger partial charge in [0.15, 0.2) is 0 Å². The number of hydrogen-bond acceptors (Lipinski definition) is 2. The number of hydrogen-bond donors (Lipinski definition) is 1. The van der Waals surface area contributed by atoms with E-state index in [1.165, 1.54) is 0 Å². The predicted molar refractivity (Wildman–Crippen MR) is 65.5 cm³/mol. The summed E-state index contributed by atoms with van der Waals surface area (Å²) in [6, 6.07) is 0.329. The Hall–Kier alpha value is -0.870. The number of nitrogens with one attached hydrogen (secondary N) is 1. The van der Waals surface area contributed by atoms with Gasteiger partial charge in [0.25, 0.3) is 0 Å². The van der Waals surface area contributed by atoms with Crippen LogP contribution < -0.4 is 5.32 Å². The molecule has 0 aromatic heterocycles. The molecule has 1 fully saturated rings. The van der Waals surface area contributed by atoms with Crippen molar-refractivity contribution in [2.45, 2.75) is 19.9 Å². The van der Waals surface area contributed by atoms with Gasteiger partial charge in [-0.25, -0.2) is 4.59 Å². The molecule has 1 rings (SSSR count). The van der Waals surface area contributed by atoms with Gasteiger partial charge < -0.3 is 5.32 Å². The monoisotopic (exact) mass is 226 g/mol. The van der Waals surface area contributed by atoms with Crippen LogP contribution in [0.2, 0.25) is 0 Å². The highest BCUT2D eigenvalue weighted by Crippen LogP contribution is 2.27. The lowest BCUT2D eigenvalue weighted by Gasteiger charge is -2.34. The summed E-state index contributed by atoms with van der Waals surface area (Å²) in [6.45, 7) is 5.56. The topological polar surface area (TPSA) is 32.3 Å². The van der Waals surface area contributed by atoms with Crippen molar-refractivity contribution in [1.29, 1.82) is 0 Å². The van der Waals surface area contributed by atoms with Crippen LogP contribution in [0.5, 0.6) is 0 Å². The van der Waals surface area contributed by atoms with Gasteiger partial charge in [-0.1, -0.05) is 12.2 Å². The number of rotatable bonds is 3. The molecule has 0 radical (unpaired) electrons. The van der Waals surface area contributed by atoms with Crippen molar-refractivity contribution in [2.24, 2.45) is 5.92 Å². The third-order valence-electron chi connectivity index (χ3n) is 3.89. The number of nitrogens with zero attached hydrogens (tertiary/aromatic N) is 2. The number of carbonyl (C=O) groups excluding carboxylic acids is 1. The quantitative estimate of drug-likeness (QED) is 0.565. The molecule has 0 spiro atoms. The SMILES string of the molecule is C/C=C/CNC(=O)C1CN(C)[N+](C)(C)C1C. The van der Waals surface area contributed by atoms with E-state index in [-0.39, 0.29) is 11.8 Å². The van der Waals surface area contributed by atoms with Gasteiger partial charge in [-0.2, -0.15) is 5.01 Å². The van der Waals surface area contributed by atoms with Crippen molar-refractivity contribution >= 4 is 5.91 Å². The van der Waals surface area contributed by atoms with E-state index in [2.05, 4.69) is 38.4 Å². The molecule has 1 saturated heterocycles. The zero-order valence-electron chi connectivity index (χ0n) is 11.0. The average molecular weight is 226 g/mol. The predicted octanol–water partition coefficient (Wildman–Crippen LogP) is 0.620. The summed E-state index contributed by atoms with van der Waals surface area (Å²) in [5, 5.41) is 5.16. The lowest BCUT2D eigenvalue weighted by Crippen LogP contribution is -2.52. The molecule has 4 nitrogen and oxygen atoms in total. The molecule has 0 bridgehead atoms. The summed E-state index contributed by atoms with van der Waals surface area (Å²) >= 11 is 0. The van der Waals surface area contributed by atoms with Crippen LogP contribution in [0.3, 0.4) is 0 Å². The molecule has 1 amide bonds. The summed E-state index contributed by atoms with van der Waals surface area (Å²) in [5.74, 6) is 0.256. The Balaban J connectivity index is 2.59. The maximum atomic E-state index is 12.0. The van der Waals surface area contributed by atoms with Crippen molar-refractivity contribution in [3.63, 3.8) is 0 Å². The third-order valence-corrected chi connectivity index (χ3v) is 3.89. The fourth-order valence-corrected chi connectivity index (χ4v) is 2.11. The first-order valence-corrected chi connectivity index (χ1v) is 5.85. The van der Waals surface area contributed by atoms with Crippen LogP contribution in [0.25, 0.3) is 0 Å². The van der Waals surface area contributed by atoms with Crippen LogP contribution in [0.1, 0.15) is 13.8 Å². The average Bonchev–Trinajstić information content (AvgIpc) is 2.42. The molecule has 2 unspecified atom stereocenters. The molecule has 2 atom stereocenters. The molecule has 1 heterocycles. The number of amides is 1. The molecular formula is C12H24N3O+. The Morgan fingerprint density at radius 3 is 2.62 bits per heavy atom. The Bertz CT molecular complexity index is 286. The zero-order chi connectivity index (χ0) is 12.3. The standard InChI is InChI=1S/C12H23N3O/c1-6-7-8-13-12(16)11-9-14(3)15(4,5)10(11)2/h6-7,10-11H,8-9H2,1-5H3/p+1/b7-6+. The Morgan fingerprint density at radius 1 is 1.56 bits per heavy atom. The molecule has 4 heteroatoms. The van der Waals surface area contributed by atoms with E-state index in [0.717, 1.165) is 11.1 Å². The number of carbonyl (C=O) groups is 1. The molecule has 16 heavy (non-hydrogen) atoms. The van der Waals surface area contributed by atoms with E-state index < -0.39 is 0 Å². The van der Waals surface area contributed by atoms with Crippen LogP contribution in [0.4, 0.5) is 0 Å². The highest BCUT2D eigenvalue weighted by molar-refractivity contribution is 5.79. The molecule has 1 aliphatic rings. The summed E-state index contributed by atoms with van der Waals surface area (Å²) in [6.07, 6.45) is 3.91. The molecular weight excluding hydrogens is 202 g/mol. The third kappa shape index (κ3) is 2.44. The van der Waals surface area contributed by atoms with Crippen LogP contribution in [0.15, 0.2) is 12.2 Å². The van der Waals surface area contributed by atoms with Gasteiger partial charge >= 0.3 is 0 Å². The maximum absolute atomic E-state index is 12.0. The fraction of sp³-hybridized carbons (Fsp3) is 0.750. The van der Waals surface area contributed by atoms with Crippen LogP contribution in [-0.4, -0.2) is 55.8 Å². The van der Waals surface area contributed by atoms with Gasteiger partial charge in [0.05, 0.1) is 20.6 Å². The second-order valence-electron chi connectivity index (χ2n) is 4.98. The lowest BCUT2D eigenvalue weighted by molar-refractivity contribution is -1.00. The molecule has 1 N–H and O–H groups in total. The minimum Gasteiger partial charge on any atom is -0.352 e. The lowest BCUT2D eigenvalue weighted by atomic mass is 10.0. The second kappa shape index (κ2) is 4.97. The Labute approximate surface area is 98.5 Å². The number of quaternary nitrogens is 1. The first-order valence-electron chi connectivity index (χ1n) is 5.85. The zero-order valence-corrected chi connectivity index (χ0v) is 11.0. The smallest absolute Gasteiger partial charge is 0.230 e. The van der Waals surface area contributed by atoms with Gasteiger partial charge in [-0.05, 0) is 13.8 Å². The van der Waals surface area contributed by atoms with E-state index in [1.54, 1.807) is 0 Å². The van der Waals surface area contributed by atoms with Crippen LogP contribution in [0, 0.1) is 5.92 Å². The minimum absolute atomic E-state index is 0.0882. The largest absolute Gasteiger partial charge is 0.352 e. The van der Waals surface area contributed by atoms with E-state index in [0.29, 0.717) is 12.6 Å². The van der Waals surface area contributed by atoms with Crippen molar-refractivity contribution in [2.75, 3.05) is 34.2 Å². The van der Waals surface area contributed by atoms with Gasteiger partial charge in [0, 0.05) is 13.6 Å². The molecule has 0 saturated carbocycles. The van der Waals surface area contributed by atoms with Gasteiger partial charge in [0.1, 0.15) is 12.0 Å². The van der Waals surface area contributed by atoms with E-state index in [4.69, 9.17) is 0 Å². The highest BCUT2D eigenvalue weighted by atomic mass is 16.2. The van der Waals surface area contributed by atoms with E-state index in [9.17, 15) is 4.79 Å².